The van der Waals surface area contributed by atoms with E-state index in [0.29, 0.717) is 0 Å². The summed E-state index contributed by atoms with van der Waals surface area (Å²) in [6, 6.07) is 0. The van der Waals surface area contributed by atoms with Crippen molar-refractivity contribution in [2.24, 2.45) is 5.92 Å². The molecule has 74 valence electrons. The topological polar surface area (TPSA) is 20.3 Å². The van der Waals surface area contributed by atoms with Crippen LogP contribution in [0.4, 0.5) is 0 Å². The maximum Gasteiger partial charge on any atom is 0.249 e. The fraction of sp³-hybridized carbons (Fsp3) is 0.727. The lowest BCUT2D eigenvalue weighted by molar-refractivity contribution is -0.128. The molecule has 1 rings (SSSR count). The van der Waals surface area contributed by atoms with E-state index in [2.05, 4.69) is 6.92 Å². The summed E-state index contributed by atoms with van der Waals surface area (Å²) in [5.74, 6) is 1.00. The van der Waals surface area contributed by atoms with Gasteiger partial charge in [0.15, 0.2) is 0 Å². The number of hydrogen-bond donors (Lipinski definition) is 0. The van der Waals surface area contributed by atoms with Gasteiger partial charge in [-0.25, -0.2) is 0 Å². The summed E-state index contributed by atoms with van der Waals surface area (Å²) in [7, 11) is 0. The molecule has 1 heterocycles. The van der Waals surface area contributed by atoms with E-state index in [4.69, 9.17) is 0 Å². The minimum atomic E-state index is 0.217. The van der Waals surface area contributed by atoms with Crippen LogP contribution in [-0.4, -0.2) is 23.9 Å². The molecule has 2 nitrogen and oxygen atoms in total. The number of hydrogen-bond acceptors (Lipinski definition) is 1. The molecule has 0 aromatic carbocycles. The molecule has 1 aliphatic rings. The van der Waals surface area contributed by atoms with Gasteiger partial charge in [-0.05, 0) is 32.6 Å². The zero-order valence-electron chi connectivity index (χ0n) is 8.84. The van der Waals surface area contributed by atoms with Gasteiger partial charge in [0.25, 0.3) is 0 Å². The Hall–Kier alpha value is -0.790. The Morgan fingerprint density at radius 3 is 2.38 bits per heavy atom. The van der Waals surface area contributed by atoms with Crippen molar-refractivity contribution >= 4 is 5.91 Å². The van der Waals surface area contributed by atoms with Gasteiger partial charge in [0, 0.05) is 18.7 Å². The van der Waals surface area contributed by atoms with Crippen LogP contribution in [0, 0.1) is 5.92 Å². The predicted molar refractivity (Wildman–Crippen MR) is 54.4 cm³/mol. The van der Waals surface area contributed by atoms with Crippen molar-refractivity contribution in [1.82, 2.24) is 4.90 Å². The van der Waals surface area contributed by atoms with E-state index in [1.165, 1.54) is 0 Å². The largest absolute Gasteiger partial charge is 0.339 e. The predicted octanol–water partition coefficient (Wildman–Crippen LogP) is 2.21. The summed E-state index contributed by atoms with van der Waals surface area (Å²) in [6.07, 6.45) is 4.20. The zero-order chi connectivity index (χ0) is 9.84. The van der Waals surface area contributed by atoms with Crippen LogP contribution in [0.25, 0.3) is 0 Å². The Bertz CT molecular complexity index is 212. The third kappa shape index (κ3) is 2.58. The van der Waals surface area contributed by atoms with E-state index in [-0.39, 0.29) is 5.91 Å². The first-order chi connectivity index (χ1) is 6.15. The molecule has 0 atom stereocenters. The van der Waals surface area contributed by atoms with Crippen LogP contribution in [0.15, 0.2) is 11.6 Å². The average molecular weight is 181 g/mol. The number of carbonyl (C=O) groups excluding carboxylic acids is 1. The molecule has 0 aromatic heterocycles. The third-order valence-corrected chi connectivity index (χ3v) is 2.84. The molecular weight excluding hydrogens is 162 g/mol. The number of allylic oxidation sites excluding steroid dienone is 1. The summed E-state index contributed by atoms with van der Waals surface area (Å²) in [5.41, 5.74) is 0.870. The van der Waals surface area contributed by atoms with Crippen molar-refractivity contribution in [3.8, 4) is 0 Å². The van der Waals surface area contributed by atoms with Gasteiger partial charge in [-0.1, -0.05) is 13.0 Å². The molecule has 0 radical (unpaired) electrons. The van der Waals surface area contributed by atoms with Crippen LogP contribution in [0.5, 0.6) is 0 Å². The fourth-order valence-electron chi connectivity index (χ4n) is 1.58. The number of rotatable bonds is 1. The maximum atomic E-state index is 11.7. The van der Waals surface area contributed by atoms with Crippen LogP contribution in [-0.2, 0) is 4.79 Å². The van der Waals surface area contributed by atoms with E-state index in [9.17, 15) is 4.79 Å². The van der Waals surface area contributed by atoms with Crippen molar-refractivity contribution in [3.63, 3.8) is 0 Å². The molecule has 1 saturated heterocycles. The van der Waals surface area contributed by atoms with E-state index in [1.807, 2.05) is 24.8 Å². The maximum absolute atomic E-state index is 11.7. The quantitative estimate of drug-likeness (QED) is 0.568. The van der Waals surface area contributed by atoms with Gasteiger partial charge in [0.1, 0.15) is 0 Å². The van der Waals surface area contributed by atoms with Crippen LogP contribution < -0.4 is 0 Å². The Morgan fingerprint density at radius 1 is 1.38 bits per heavy atom. The second kappa shape index (κ2) is 4.45. The molecule has 0 N–H and O–H groups in total. The summed E-state index contributed by atoms with van der Waals surface area (Å²) < 4.78 is 0. The van der Waals surface area contributed by atoms with Crippen molar-refractivity contribution in [1.29, 1.82) is 0 Å². The lowest BCUT2D eigenvalue weighted by Gasteiger charge is -2.30. The molecular formula is C11H19NO. The number of amides is 1. The Kier molecular flexibility index (Phi) is 3.52. The fourth-order valence-corrected chi connectivity index (χ4v) is 1.58. The lowest BCUT2D eigenvalue weighted by Crippen LogP contribution is -2.38. The highest BCUT2D eigenvalue weighted by Gasteiger charge is 2.20. The summed E-state index contributed by atoms with van der Waals surface area (Å²) in [6.45, 7) is 7.93. The standard InChI is InChI=1S/C11H19NO/c1-4-10(3)11(13)12-7-5-9(2)6-8-12/h4,9H,5-8H2,1-3H3/b10-4-. The molecule has 0 spiro atoms. The molecule has 13 heavy (non-hydrogen) atoms. The molecule has 1 fully saturated rings. The number of nitrogens with zero attached hydrogens (tertiary/aromatic N) is 1. The van der Waals surface area contributed by atoms with Crippen molar-refractivity contribution in [3.05, 3.63) is 11.6 Å². The second-order valence-corrected chi connectivity index (χ2v) is 3.95. The van der Waals surface area contributed by atoms with Gasteiger partial charge in [0.2, 0.25) is 5.91 Å². The second-order valence-electron chi connectivity index (χ2n) is 3.95. The number of carbonyl (C=O) groups is 1. The SMILES string of the molecule is C/C=C(/C)C(=O)N1CCC(C)CC1. The zero-order valence-corrected chi connectivity index (χ0v) is 8.84. The van der Waals surface area contributed by atoms with Crippen LogP contribution in [0.1, 0.15) is 33.6 Å². The highest BCUT2D eigenvalue weighted by molar-refractivity contribution is 5.92. The molecule has 1 amide bonds. The van der Waals surface area contributed by atoms with Gasteiger partial charge in [-0.15, -0.1) is 0 Å². The van der Waals surface area contributed by atoms with E-state index >= 15 is 0 Å². The summed E-state index contributed by atoms with van der Waals surface area (Å²) in [5, 5.41) is 0. The highest BCUT2D eigenvalue weighted by atomic mass is 16.2. The van der Waals surface area contributed by atoms with Crippen LogP contribution in [0.2, 0.25) is 0 Å². The smallest absolute Gasteiger partial charge is 0.249 e. The van der Waals surface area contributed by atoms with E-state index < -0.39 is 0 Å². The van der Waals surface area contributed by atoms with Crippen molar-refractivity contribution in [2.45, 2.75) is 33.6 Å². The van der Waals surface area contributed by atoms with Gasteiger partial charge in [-0.2, -0.15) is 0 Å². The first kappa shape index (κ1) is 10.3. The minimum absolute atomic E-state index is 0.217. The van der Waals surface area contributed by atoms with Gasteiger partial charge >= 0.3 is 0 Å². The van der Waals surface area contributed by atoms with Gasteiger partial charge < -0.3 is 4.90 Å². The first-order valence-corrected chi connectivity index (χ1v) is 5.07. The monoisotopic (exact) mass is 181 g/mol. The Balaban J connectivity index is 2.50. The molecule has 0 saturated carbocycles. The number of likely N-dealkylation sites (tertiary alicyclic amines) is 1. The van der Waals surface area contributed by atoms with Crippen molar-refractivity contribution in [2.75, 3.05) is 13.1 Å². The lowest BCUT2D eigenvalue weighted by atomic mass is 9.99. The average Bonchev–Trinajstić information content (AvgIpc) is 2.17. The summed E-state index contributed by atoms with van der Waals surface area (Å²) in [4.78, 5) is 13.7. The Labute approximate surface area is 80.6 Å². The van der Waals surface area contributed by atoms with E-state index in [1.54, 1.807) is 0 Å². The highest BCUT2D eigenvalue weighted by Crippen LogP contribution is 2.17. The summed E-state index contributed by atoms with van der Waals surface area (Å²) >= 11 is 0. The molecule has 1 aliphatic heterocycles. The normalized spacial score (nSPS) is 20.5. The van der Waals surface area contributed by atoms with Crippen molar-refractivity contribution < 1.29 is 4.79 Å². The molecule has 0 bridgehead atoms. The van der Waals surface area contributed by atoms with Gasteiger partial charge in [0.05, 0.1) is 0 Å². The number of piperidine rings is 1. The minimum Gasteiger partial charge on any atom is -0.339 e. The first-order valence-electron chi connectivity index (χ1n) is 5.07. The van der Waals surface area contributed by atoms with Crippen LogP contribution >= 0.6 is 0 Å². The third-order valence-electron chi connectivity index (χ3n) is 2.84. The van der Waals surface area contributed by atoms with Gasteiger partial charge in [-0.3, -0.25) is 4.79 Å². The molecule has 0 aliphatic carbocycles. The molecule has 0 aromatic rings. The van der Waals surface area contributed by atoms with E-state index in [0.717, 1.165) is 37.4 Å². The molecule has 2 heteroatoms. The van der Waals surface area contributed by atoms with Crippen LogP contribution in [0.3, 0.4) is 0 Å². The molecule has 0 unspecified atom stereocenters. The Morgan fingerprint density at radius 2 is 1.92 bits per heavy atom.